The Labute approximate surface area is 108 Å². The van der Waals surface area contributed by atoms with E-state index in [1.54, 1.807) is 18.3 Å². The van der Waals surface area contributed by atoms with Crippen molar-refractivity contribution >= 4 is 39.0 Å². The summed E-state index contributed by atoms with van der Waals surface area (Å²) in [7, 11) is 0. The molecule has 0 aliphatic carbocycles. The normalized spacial score (nSPS) is 9.81. The number of halogens is 1. The Kier molecular flexibility index (Phi) is 5.34. The number of carbonyl (C=O) groups excluding carboxylic acids is 1. The van der Waals surface area contributed by atoms with Crippen LogP contribution in [-0.4, -0.2) is 22.4 Å². The van der Waals surface area contributed by atoms with Gasteiger partial charge in [0.2, 0.25) is 0 Å². The first-order valence-corrected chi connectivity index (χ1v) is 5.98. The van der Waals surface area contributed by atoms with Crippen molar-refractivity contribution in [2.75, 3.05) is 6.54 Å². The van der Waals surface area contributed by atoms with E-state index >= 15 is 0 Å². The van der Waals surface area contributed by atoms with Gasteiger partial charge in [-0.3, -0.25) is 4.79 Å². The lowest BCUT2D eigenvalue weighted by Crippen LogP contribution is -2.26. The van der Waals surface area contributed by atoms with Crippen LogP contribution in [0.25, 0.3) is 0 Å². The first-order chi connectivity index (χ1) is 7.61. The van der Waals surface area contributed by atoms with Crippen molar-refractivity contribution in [2.45, 2.75) is 12.8 Å². The minimum atomic E-state index is -0.199. The van der Waals surface area contributed by atoms with Gasteiger partial charge in [-0.05, 0) is 40.9 Å². The highest BCUT2D eigenvalue weighted by atomic mass is 79.9. The standard InChI is InChI=1S/C10H12BrN3OS/c11-7-3-1-5-13-9(7)10(15)14-6-2-4-8(12)16/h1,3,5H,2,4,6H2,(H2,12,16)(H,14,15). The Morgan fingerprint density at radius 1 is 1.62 bits per heavy atom. The van der Waals surface area contributed by atoms with Gasteiger partial charge in [-0.2, -0.15) is 0 Å². The van der Waals surface area contributed by atoms with Crippen LogP contribution in [0.3, 0.4) is 0 Å². The molecule has 86 valence electrons. The summed E-state index contributed by atoms with van der Waals surface area (Å²) < 4.78 is 0.682. The molecule has 0 radical (unpaired) electrons. The summed E-state index contributed by atoms with van der Waals surface area (Å²) in [5, 5.41) is 2.75. The SMILES string of the molecule is NC(=S)CCCNC(=O)c1ncccc1Br. The fourth-order valence-corrected chi connectivity index (χ4v) is 1.68. The molecule has 4 nitrogen and oxygen atoms in total. The van der Waals surface area contributed by atoms with Crippen LogP contribution in [0.2, 0.25) is 0 Å². The fraction of sp³-hybridized carbons (Fsp3) is 0.300. The second-order valence-electron chi connectivity index (χ2n) is 3.16. The molecule has 1 aromatic rings. The summed E-state index contributed by atoms with van der Waals surface area (Å²) >= 11 is 8.00. The van der Waals surface area contributed by atoms with Crippen LogP contribution >= 0.6 is 28.1 Å². The van der Waals surface area contributed by atoms with E-state index in [1.807, 2.05) is 0 Å². The van der Waals surface area contributed by atoms with Gasteiger partial charge in [-0.15, -0.1) is 0 Å². The molecule has 6 heteroatoms. The summed E-state index contributed by atoms with van der Waals surface area (Å²) in [5.74, 6) is -0.199. The number of thiocarbonyl (C=S) groups is 1. The van der Waals surface area contributed by atoms with E-state index in [-0.39, 0.29) is 5.91 Å². The molecule has 0 aromatic carbocycles. The van der Waals surface area contributed by atoms with Gasteiger partial charge in [0, 0.05) is 17.2 Å². The van der Waals surface area contributed by atoms with Gasteiger partial charge >= 0.3 is 0 Å². The van der Waals surface area contributed by atoms with Crippen molar-refractivity contribution in [2.24, 2.45) is 5.73 Å². The molecule has 0 saturated carbocycles. The molecule has 0 unspecified atom stereocenters. The summed E-state index contributed by atoms with van der Waals surface area (Å²) in [6.07, 6.45) is 2.96. The van der Waals surface area contributed by atoms with Crippen molar-refractivity contribution in [1.29, 1.82) is 0 Å². The van der Waals surface area contributed by atoms with E-state index in [0.29, 0.717) is 28.1 Å². The van der Waals surface area contributed by atoms with E-state index in [4.69, 9.17) is 18.0 Å². The van der Waals surface area contributed by atoms with Crippen molar-refractivity contribution in [3.8, 4) is 0 Å². The molecule has 0 spiro atoms. The highest BCUT2D eigenvalue weighted by Crippen LogP contribution is 2.12. The third-order valence-electron chi connectivity index (χ3n) is 1.86. The minimum Gasteiger partial charge on any atom is -0.393 e. The molecule has 1 aromatic heterocycles. The maximum atomic E-state index is 11.6. The summed E-state index contributed by atoms with van der Waals surface area (Å²) in [4.78, 5) is 16.1. The third-order valence-corrected chi connectivity index (χ3v) is 2.70. The lowest BCUT2D eigenvalue weighted by Gasteiger charge is -2.05. The molecule has 0 atom stereocenters. The monoisotopic (exact) mass is 301 g/mol. The summed E-state index contributed by atoms with van der Waals surface area (Å²) in [6.45, 7) is 0.541. The number of hydrogen-bond donors (Lipinski definition) is 2. The predicted octanol–water partition coefficient (Wildman–Crippen LogP) is 1.64. The molecule has 16 heavy (non-hydrogen) atoms. The van der Waals surface area contributed by atoms with Crippen molar-refractivity contribution < 1.29 is 4.79 Å². The predicted molar refractivity (Wildman–Crippen MR) is 70.3 cm³/mol. The van der Waals surface area contributed by atoms with E-state index in [1.165, 1.54) is 0 Å². The molecule has 1 heterocycles. The first-order valence-electron chi connectivity index (χ1n) is 4.78. The van der Waals surface area contributed by atoms with E-state index in [2.05, 4.69) is 26.2 Å². The lowest BCUT2D eigenvalue weighted by molar-refractivity contribution is 0.0947. The zero-order valence-corrected chi connectivity index (χ0v) is 11.0. The van der Waals surface area contributed by atoms with E-state index in [9.17, 15) is 4.79 Å². The molecular formula is C10H12BrN3OS. The van der Waals surface area contributed by atoms with Crippen LogP contribution in [0.1, 0.15) is 23.3 Å². The van der Waals surface area contributed by atoms with E-state index < -0.39 is 0 Å². The molecule has 0 bridgehead atoms. The number of hydrogen-bond acceptors (Lipinski definition) is 3. The zero-order chi connectivity index (χ0) is 12.0. The molecule has 1 amide bonds. The summed E-state index contributed by atoms with van der Waals surface area (Å²) in [5.41, 5.74) is 5.73. The quantitative estimate of drug-likeness (QED) is 0.641. The second-order valence-corrected chi connectivity index (χ2v) is 4.54. The van der Waals surface area contributed by atoms with Gasteiger partial charge < -0.3 is 11.1 Å². The average molecular weight is 302 g/mol. The molecule has 0 aliphatic rings. The number of amides is 1. The third kappa shape index (κ3) is 4.24. The number of nitrogens with one attached hydrogen (secondary N) is 1. The Morgan fingerprint density at radius 2 is 2.38 bits per heavy atom. The molecular weight excluding hydrogens is 290 g/mol. The smallest absolute Gasteiger partial charge is 0.271 e. The average Bonchev–Trinajstić information content (AvgIpc) is 2.24. The highest BCUT2D eigenvalue weighted by Gasteiger charge is 2.09. The number of carbonyl (C=O) groups is 1. The van der Waals surface area contributed by atoms with Gasteiger partial charge in [-0.1, -0.05) is 12.2 Å². The van der Waals surface area contributed by atoms with Gasteiger partial charge in [0.25, 0.3) is 5.91 Å². The highest BCUT2D eigenvalue weighted by molar-refractivity contribution is 9.10. The Bertz CT molecular complexity index is 397. The summed E-state index contributed by atoms with van der Waals surface area (Å²) in [6, 6.07) is 3.53. The van der Waals surface area contributed by atoms with Gasteiger partial charge in [0.05, 0.1) is 4.99 Å². The molecule has 0 saturated heterocycles. The van der Waals surface area contributed by atoms with E-state index in [0.717, 1.165) is 6.42 Å². The molecule has 1 rings (SSSR count). The van der Waals surface area contributed by atoms with Gasteiger partial charge in [0.15, 0.2) is 0 Å². The lowest BCUT2D eigenvalue weighted by atomic mass is 10.3. The maximum absolute atomic E-state index is 11.6. The Hall–Kier alpha value is -1.01. The van der Waals surface area contributed by atoms with Crippen LogP contribution in [0, 0.1) is 0 Å². The molecule has 0 aliphatic heterocycles. The Morgan fingerprint density at radius 3 is 3.00 bits per heavy atom. The Balaban J connectivity index is 2.41. The zero-order valence-electron chi connectivity index (χ0n) is 8.57. The van der Waals surface area contributed by atoms with Gasteiger partial charge in [-0.25, -0.2) is 4.98 Å². The van der Waals surface area contributed by atoms with Crippen LogP contribution in [-0.2, 0) is 0 Å². The number of aromatic nitrogens is 1. The fourth-order valence-electron chi connectivity index (χ4n) is 1.10. The van der Waals surface area contributed by atoms with Gasteiger partial charge in [0.1, 0.15) is 5.69 Å². The van der Waals surface area contributed by atoms with Crippen LogP contribution in [0.5, 0.6) is 0 Å². The van der Waals surface area contributed by atoms with Crippen LogP contribution in [0.15, 0.2) is 22.8 Å². The van der Waals surface area contributed by atoms with Crippen molar-refractivity contribution in [3.05, 3.63) is 28.5 Å². The second kappa shape index (κ2) is 6.55. The largest absolute Gasteiger partial charge is 0.393 e. The van der Waals surface area contributed by atoms with Crippen LogP contribution < -0.4 is 11.1 Å². The number of pyridine rings is 1. The van der Waals surface area contributed by atoms with Crippen molar-refractivity contribution in [3.63, 3.8) is 0 Å². The molecule has 0 fully saturated rings. The van der Waals surface area contributed by atoms with Crippen LogP contribution in [0.4, 0.5) is 0 Å². The molecule has 3 N–H and O–H groups in total. The topological polar surface area (TPSA) is 68.0 Å². The number of nitrogens with two attached hydrogens (primary N) is 1. The first kappa shape index (κ1) is 13.1. The maximum Gasteiger partial charge on any atom is 0.271 e. The number of rotatable bonds is 5. The number of nitrogens with zero attached hydrogens (tertiary/aromatic N) is 1. The van der Waals surface area contributed by atoms with Crippen molar-refractivity contribution in [1.82, 2.24) is 10.3 Å². The minimum absolute atomic E-state index is 0.199.